The molecule has 532 valence electrons. The Labute approximate surface area is 554 Å². The van der Waals surface area contributed by atoms with E-state index in [4.69, 9.17) is 32.3 Å². The van der Waals surface area contributed by atoms with E-state index in [1.165, 1.54) is 167 Å². The summed E-state index contributed by atoms with van der Waals surface area (Å²) < 4.78 is 60.9. The Morgan fingerprint density at radius 2 is 0.549 bits per heavy atom. The van der Waals surface area contributed by atoms with Crippen LogP contribution < -0.4 is 0 Å². The predicted molar refractivity (Wildman–Crippen MR) is 372 cm³/mol. The molecule has 0 saturated carbocycles. The molecular weight excluding hydrogens is 1190 g/mol. The van der Waals surface area contributed by atoms with E-state index >= 15 is 0 Å². The maximum absolute atomic E-state index is 12.9. The summed E-state index contributed by atoms with van der Waals surface area (Å²) in [7, 11) is -9.76. The van der Waals surface area contributed by atoms with Crippen molar-refractivity contribution < 1.29 is 75.8 Å². The summed E-state index contributed by atoms with van der Waals surface area (Å²) in [6, 6.07) is 0. The Kier molecular flexibility index (Phi) is 65.2. The van der Waals surface area contributed by atoms with Gasteiger partial charge in [-0.15, -0.1) is 0 Å². The van der Waals surface area contributed by atoms with Gasteiger partial charge >= 0.3 is 33.6 Å². The van der Waals surface area contributed by atoms with Crippen molar-refractivity contribution in [3.05, 3.63) is 60.8 Å². The van der Waals surface area contributed by atoms with E-state index in [0.717, 1.165) is 103 Å². The quantitative estimate of drug-likeness (QED) is 0.0146. The zero-order chi connectivity index (χ0) is 66.7. The van der Waals surface area contributed by atoms with E-state index < -0.39 is 91.5 Å². The van der Waals surface area contributed by atoms with Gasteiger partial charge in [0.1, 0.15) is 25.4 Å². The molecule has 18 heteroatoms. The van der Waals surface area contributed by atoms with Crippen LogP contribution in [0.25, 0.3) is 0 Å². The molecule has 0 rings (SSSR count). The number of esters is 3. The van der Waals surface area contributed by atoms with Gasteiger partial charge in [-0.1, -0.05) is 281 Å². The number of aliphatic hydroxyl groups is 2. The van der Waals surface area contributed by atoms with Crippen LogP contribution in [0, 0.1) is 0 Å². The number of hydrogen-bond donors (Lipinski definition) is 4. The van der Waals surface area contributed by atoms with Gasteiger partial charge in [0.05, 0.1) is 26.4 Å². The molecule has 91 heavy (non-hydrogen) atoms. The first-order chi connectivity index (χ1) is 44.2. The van der Waals surface area contributed by atoms with Gasteiger partial charge < -0.3 is 34.2 Å². The standard InChI is InChI=1S/C73H134O16P2/c1-4-7-10-13-16-19-22-25-27-28-29-30-31-32-33-34-35-36-37-38-40-43-44-47-50-53-56-59-71(76)83-62-68(74)63-85-90(79,80)86-64-69(75)65-87-91(81,82)88-67-70(89-73(78)61-58-55-52-49-46-41-24-21-18-15-12-9-6-3)66-84-72(77)60-57-54-51-48-45-42-39-26-23-20-17-14-11-8-5-2/h16,19,21,24-25,27,29-30,32-33,68-70,74-75H,4-15,17-18,20,22-23,26,28,31,34-67H2,1-3H3,(H,79,80)(H,81,82)/b19-16-,24-21-,27-25-,30-29-,33-32-. The summed E-state index contributed by atoms with van der Waals surface area (Å²) in [6.07, 6.45) is 69.9. The van der Waals surface area contributed by atoms with Crippen LogP contribution in [0.2, 0.25) is 0 Å². The molecule has 5 unspecified atom stereocenters. The average Bonchev–Trinajstić information content (AvgIpc) is 3.70. The lowest BCUT2D eigenvalue weighted by molar-refractivity contribution is -0.161. The maximum atomic E-state index is 12.9. The number of allylic oxidation sites excluding steroid dienone is 10. The van der Waals surface area contributed by atoms with Gasteiger partial charge in [0, 0.05) is 19.3 Å². The molecule has 0 aromatic rings. The molecule has 4 N–H and O–H groups in total. The van der Waals surface area contributed by atoms with Gasteiger partial charge in [-0.3, -0.25) is 32.5 Å². The minimum atomic E-state index is -4.92. The van der Waals surface area contributed by atoms with E-state index in [0.29, 0.717) is 19.3 Å². The van der Waals surface area contributed by atoms with E-state index in [1.54, 1.807) is 0 Å². The Bertz CT molecular complexity index is 1910. The molecule has 0 heterocycles. The summed E-state index contributed by atoms with van der Waals surface area (Å²) in [5.41, 5.74) is 0. The predicted octanol–water partition coefficient (Wildman–Crippen LogP) is 20.5. The molecule has 0 aliphatic rings. The van der Waals surface area contributed by atoms with Crippen molar-refractivity contribution in [2.75, 3.05) is 39.6 Å². The van der Waals surface area contributed by atoms with Crippen LogP contribution in [0.1, 0.15) is 329 Å². The van der Waals surface area contributed by atoms with Gasteiger partial charge in [-0.2, -0.15) is 0 Å². The number of carbonyl (C=O) groups excluding carboxylic acids is 3. The van der Waals surface area contributed by atoms with Crippen LogP contribution in [0.3, 0.4) is 0 Å². The fourth-order valence-electron chi connectivity index (χ4n) is 10.1. The number of carbonyl (C=O) groups is 3. The highest BCUT2D eigenvalue weighted by atomic mass is 31.2. The highest BCUT2D eigenvalue weighted by molar-refractivity contribution is 7.47. The van der Waals surface area contributed by atoms with Gasteiger partial charge in [0.25, 0.3) is 0 Å². The molecule has 0 aliphatic heterocycles. The monoisotopic (exact) mass is 1330 g/mol. The SMILES string of the molecule is CCCCC/C=C\C/C=C\C/C=C\C/C=C\CCCCCCCCCCCCCC(=O)OCC(O)COP(=O)(O)OCC(O)COP(=O)(O)OCC(COC(=O)CCCCCCCCCCCCCCCCC)OC(=O)CCCCCCC/C=C\CCCCCC. The molecule has 0 radical (unpaired) electrons. The largest absolute Gasteiger partial charge is 0.472 e. The smallest absolute Gasteiger partial charge is 0.463 e. The van der Waals surface area contributed by atoms with Crippen LogP contribution in [0.5, 0.6) is 0 Å². The van der Waals surface area contributed by atoms with Gasteiger partial charge in [0.2, 0.25) is 0 Å². The molecule has 0 saturated heterocycles. The summed E-state index contributed by atoms with van der Waals surface area (Å²) in [4.78, 5) is 58.4. The Morgan fingerprint density at radius 1 is 0.308 bits per heavy atom. The third-order valence-electron chi connectivity index (χ3n) is 15.7. The number of phosphoric ester groups is 2. The highest BCUT2D eigenvalue weighted by Gasteiger charge is 2.29. The van der Waals surface area contributed by atoms with Crippen molar-refractivity contribution in [2.45, 2.75) is 347 Å². The number of phosphoric acid groups is 2. The van der Waals surface area contributed by atoms with Crippen molar-refractivity contribution in [2.24, 2.45) is 0 Å². The molecule has 0 spiro atoms. The summed E-state index contributed by atoms with van der Waals surface area (Å²) in [5, 5.41) is 20.6. The normalized spacial score (nSPS) is 14.5. The zero-order valence-electron chi connectivity index (χ0n) is 57.8. The minimum Gasteiger partial charge on any atom is -0.463 e. The summed E-state index contributed by atoms with van der Waals surface area (Å²) >= 11 is 0. The fourth-order valence-corrected chi connectivity index (χ4v) is 11.7. The van der Waals surface area contributed by atoms with Crippen LogP contribution >= 0.6 is 15.6 Å². The van der Waals surface area contributed by atoms with E-state index in [1.807, 2.05) is 0 Å². The number of rotatable bonds is 70. The van der Waals surface area contributed by atoms with Crippen molar-refractivity contribution in [3.63, 3.8) is 0 Å². The van der Waals surface area contributed by atoms with Crippen molar-refractivity contribution in [1.29, 1.82) is 0 Å². The van der Waals surface area contributed by atoms with Crippen molar-refractivity contribution in [3.8, 4) is 0 Å². The van der Waals surface area contributed by atoms with Crippen LogP contribution in [-0.4, -0.2) is 95.9 Å². The summed E-state index contributed by atoms with van der Waals surface area (Å²) in [6.45, 7) is 2.66. The molecule has 0 aromatic carbocycles. The second-order valence-electron chi connectivity index (χ2n) is 24.7. The first-order valence-corrected chi connectivity index (χ1v) is 39.6. The Morgan fingerprint density at radius 3 is 0.912 bits per heavy atom. The fraction of sp³-hybridized carbons (Fsp3) is 0.822. The van der Waals surface area contributed by atoms with Gasteiger partial charge in [-0.25, -0.2) is 9.13 Å². The maximum Gasteiger partial charge on any atom is 0.472 e. The molecular formula is C73H134O16P2. The summed E-state index contributed by atoms with van der Waals surface area (Å²) in [5.74, 6) is -1.57. The number of ether oxygens (including phenoxy) is 3. The average molecular weight is 1330 g/mol. The van der Waals surface area contributed by atoms with E-state index in [-0.39, 0.29) is 19.3 Å². The minimum absolute atomic E-state index is 0.0997. The lowest BCUT2D eigenvalue weighted by Gasteiger charge is -2.21. The second-order valence-corrected chi connectivity index (χ2v) is 27.7. The highest BCUT2D eigenvalue weighted by Crippen LogP contribution is 2.45. The molecule has 0 aliphatic carbocycles. The Balaban J connectivity index is 4.46. The van der Waals surface area contributed by atoms with Crippen LogP contribution in [0.4, 0.5) is 0 Å². The molecule has 5 atom stereocenters. The molecule has 0 aromatic heterocycles. The topological polar surface area (TPSA) is 231 Å². The first kappa shape index (κ1) is 88.2. The van der Waals surface area contributed by atoms with Gasteiger partial charge in [0.15, 0.2) is 6.10 Å². The van der Waals surface area contributed by atoms with Crippen molar-refractivity contribution >= 4 is 33.6 Å². The van der Waals surface area contributed by atoms with Gasteiger partial charge in [-0.05, 0) is 89.9 Å². The third-order valence-corrected chi connectivity index (χ3v) is 17.6. The number of hydrogen-bond acceptors (Lipinski definition) is 14. The number of unbranched alkanes of at least 4 members (excludes halogenated alkanes) is 37. The molecule has 0 bridgehead atoms. The number of aliphatic hydroxyl groups excluding tert-OH is 2. The van der Waals surface area contributed by atoms with Crippen LogP contribution in [0.15, 0.2) is 60.8 Å². The van der Waals surface area contributed by atoms with E-state index in [9.17, 15) is 43.5 Å². The Hall–Kier alpha value is -2.75. The molecule has 0 amide bonds. The van der Waals surface area contributed by atoms with Crippen LogP contribution in [-0.2, 0) is 55.8 Å². The lowest BCUT2D eigenvalue weighted by atomic mass is 10.0. The second kappa shape index (κ2) is 67.2. The lowest BCUT2D eigenvalue weighted by Crippen LogP contribution is -2.30. The third kappa shape index (κ3) is 68.4. The first-order valence-electron chi connectivity index (χ1n) is 36.6. The van der Waals surface area contributed by atoms with Crippen molar-refractivity contribution in [1.82, 2.24) is 0 Å². The zero-order valence-corrected chi connectivity index (χ0v) is 59.6. The molecule has 16 nitrogen and oxygen atoms in total. The van der Waals surface area contributed by atoms with E-state index in [2.05, 4.69) is 81.5 Å². The molecule has 0 fully saturated rings.